The molecule has 0 saturated carbocycles. The molecule has 0 radical (unpaired) electrons. The monoisotopic (exact) mass is 413 g/mol. The van der Waals surface area contributed by atoms with Gasteiger partial charge in [0.25, 0.3) is 5.91 Å². The molecule has 1 aromatic carbocycles. The average molecular weight is 413 g/mol. The van der Waals surface area contributed by atoms with Crippen LogP contribution >= 0.6 is 11.3 Å². The van der Waals surface area contributed by atoms with Crippen molar-refractivity contribution in [3.8, 4) is 10.6 Å². The van der Waals surface area contributed by atoms with E-state index in [0.717, 1.165) is 0 Å². The number of thiazole rings is 1. The van der Waals surface area contributed by atoms with Crippen LogP contribution in [-0.2, 0) is 11.3 Å². The highest BCUT2D eigenvalue weighted by Crippen LogP contribution is 2.28. The molecule has 0 atom stereocenters. The summed E-state index contributed by atoms with van der Waals surface area (Å²) in [6, 6.07) is 8.03. The predicted octanol–water partition coefficient (Wildman–Crippen LogP) is 3.23. The van der Waals surface area contributed by atoms with Crippen molar-refractivity contribution in [1.82, 2.24) is 15.3 Å². The SMILES string of the molecule is CCC(=O)N(C)c1ccc(-c2nc(C(=O)NCc3cccnc3N)cs2)cc1F. The van der Waals surface area contributed by atoms with Gasteiger partial charge in [0.15, 0.2) is 0 Å². The van der Waals surface area contributed by atoms with Crippen LogP contribution in [0.15, 0.2) is 41.9 Å². The van der Waals surface area contributed by atoms with E-state index in [4.69, 9.17) is 5.73 Å². The van der Waals surface area contributed by atoms with Gasteiger partial charge >= 0.3 is 0 Å². The van der Waals surface area contributed by atoms with Gasteiger partial charge in [-0.2, -0.15) is 0 Å². The van der Waals surface area contributed by atoms with Crippen molar-refractivity contribution < 1.29 is 14.0 Å². The molecule has 3 rings (SSSR count). The van der Waals surface area contributed by atoms with Gasteiger partial charge in [0.1, 0.15) is 22.3 Å². The molecule has 7 nitrogen and oxygen atoms in total. The van der Waals surface area contributed by atoms with E-state index in [9.17, 15) is 14.0 Å². The first kappa shape index (κ1) is 20.4. The molecular formula is C20H20FN5O2S. The number of nitrogens with one attached hydrogen (secondary N) is 1. The third kappa shape index (κ3) is 4.57. The summed E-state index contributed by atoms with van der Waals surface area (Å²) in [5.41, 5.74) is 7.43. The van der Waals surface area contributed by atoms with E-state index >= 15 is 0 Å². The lowest BCUT2D eigenvalue weighted by molar-refractivity contribution is -0.118. The number of halogens is 1. The Kier molecular flexibility index (Phi) is 6.18. The van der Waals surface area contributed by atoms with Crippen molar-refractivity contribution in [2.75, 3.05) is 17.7 Å². The van der Waals surface area contributed by atoms with E-state index in [2.05, 4.69) is 15.3 Å². The number of rotatable bonds is 6. The second-order valence-corrected chi connectivity index (χ2v) is 7.10. The molecule has 0 saturated heterocycles. The van der Waals surface area contributed by atoms with Gasteiger partial charge in [-0.15, -0.1) is 11.3 Å². The predicted molar refractivity (Wildman–Crippen MR) is 111 cm³/mol. The maximum atomic E-state index is 14.5. The number of hydrogen-bond donors (Lipinski definition) is 2. The van der Waals surface area contributed by atoms with Crippen molar-refractivity contribution >= 4 is 34.7 Å². The fourth-order valence-corrected chi connectivity index (χ4v) is 3.46. The van der Waals surface area contributed by atoms with Gasteiger partial charge in [-0.3, -0.25) is 9.59 Å². The number of nitrogen functional groups attached to an aromatic ring is 1. The Morgan fingerprint density at radius 2 is 2.10 bits per heavy atom. The normalized spacial score (nSPS) is 10.6. The summed E-state index contributed by atoms with van der Waals surface area (Å²) >= 11 is 1.23. The van der Waals surface area contributed by atoms with Crippen molar-refractivity contribution in [2.45, 2.75) is 19.9 Å². The van der Waals surface area contributed by atoms with Crippen LogP contribution < -0.4 is 16.0 Å². The molecule has 0 aliphatic rings. The number of aromatic nitrogens is 2. The number of benzene rings is 1. The third-order valence-corrected chi connectivity index (χ3v) is 5.23. The minimum atomic E-state index is -0.528. The summed E-state index contributed by atoms with van der Waals surface area (Å²) < 4.78 is 14.5. The lowest BCUT2D eigenvalue weighted by atomic mass is 10.2. The Hall–Kier alpha value is -3.33. The van der Waals surface area contributed by atoms with Crippen LogP contribution in [0.4, 0.5) is 15.9 Å². The standard InChI is InChI=1S/C20H20FN5O2S/c1-3-17(27)26(2)16-7-6-12(9-14(16)21)20-25-15(11-29-20)19(28)24-10-13-5-4-8-23-18(13)22/h4-9,11H,3,10H2,1-2H3,(H2,22,23)(H,24,28). The summed E-state index contributed by atoms with van der Waals surface area (Å²) in [7, 11) is 1.53. The fraction of sp³-hybridized carbons (Fsp3) is 0.200. The van der Waals surface area contributed by atoms with Crippen LogP contribution in [0, 0.1) is 5.82 Å². The molecule has 150 valence electrons. The number of amides is 2. The van der Waals surface area contributed by atoms with Crippen LogP contribution in [0.5, 0.6) is 0 Å². The Bertz CT molecular complexity index is 1050. The second-order valence-electron chi connectivity index (χ2n) is 6.24. The van der Waals surface area contributed by atoms with E-state index in [1.165, 1.54) is 35.4 Å². The third-order valence-electron chi connectivity index (χ3n) is 4.33. The van der Waals surface area contributed by atoms with E-state index in [0.29, 0.717) is 22.0 Å². The fourth-order valence-electron chi connectivity index (χ4n) is 2.66. The molecular weight excluding hydrogens is 393 g/mol. The van der Waals surface area contributed by atoms with E-state index in [1.807, 2.05) is 0 Å². The Labute approximate surface area is 171 Å². The van der Waals surface area contributed by atoms with E-state index in [1.54, 1.807) is 36.7 Å². The zero-order chi connectivity index (χ0) is 21.0. The maximum Gasteiger partial charge on any atom is 0.271 e. The summed E-state index contributed by atoms with van der Waals surface area (Å²) in [4.78, 5) is 33.7. The summed E-state index contributed by atoms with van der Waals surface area (Å²) in [6.07, 6.45) is 1.86. The number of carbonyl (C=O) groups is 2. The summed E-state index contributed by atoms with van der Waals surface area (Å²) in [6.45, 7) is 1.95. The highest BCUT2D eigenvalue weighted by molar-refractivity contribution is 7.13. The molecule has 3 aromatic rings. The average Bonchev–Trinajstić information content (AvgIpc) is 3.22. The minimum Gasteiger partial charge on any atom is -0.383 e. The highest BCUT2D eigenvalue weighted by Gasteiger charge is 2.16. The lowest BCUT2D eigenvalue weighted by Crippen LogP contribution is -2.26. The zero-order valence-electron chi connectivity index (χ0n) is 16.0. The van der Waals surface area contributed by atoms with Crippen LogP contribution in [0.2, 0.25) is 0 Å². The van der Waals surface area contributed by atoms with Gasteiger partial charge < -0.3 is 16.0 Å². The lowest BCUT2D eigenvalue weighted by Gasteiger charge is -2.17. The molecule has 9 heteroatoms. The number of nitrogens with zero attached hydrogens (tertiary/aromatic N) is 3. The number of anilines is 2. The summed E-state index contributed by atoms with van der Waals surface area (Å²) in [5.74, 6) is -0.714. The van der Waals surface area contributed by atoms with Gasteiger partial charge in [0.05, 0.1) is 5.69 Å². The quantitative estimate of drug-likeness (QED) is 0.646. The van der Waals surface area contributed by atoms with Crippen molar-refractivity contribution in [3.05, 3.63) is 59.0 Å². The molecule has 0 fully saturated rings. The van der Waals surface area contributed by atoms with Crippen LogP contribution in [0.25, 0.3) is 10.6 Å². The Balaban J connectivity index is 1.72. The second kappa shape index (κ2) is 8.78. The molecule has 0 aliphatic heterocycles. The molecule has 2 heterocycles. The van der Waals surface area contributed by atoms with Crippen LogP contribution in [0.1, 0.15) is 29.4 Å². The van der Waals surface area contributed by atoms with Gasteiger partial charge in [-0.1, -0.05) is 13.0 Å². The minimum absolute atomic E-state index is 0.181. The van der Waals surface area contributed by atoms with Crippen molar-refractivity contribution in [3.63, 3.8) is 0 Å². The van der Waals surface area contributed by atoms with Crippen LogP contribution in [0.3, 0.4) is 0 Å². The number of nitrogens with two attached hydrogens (primary N) is 1. The number of carbonyl (C=O) groups excluding carboxylic acids is 2. The van der Waals surface area contributed by atoms with E-state index in [-0.39, 0.29) is 36.2 Å². The number of pyridine rings is 1. The van der Waals surface area contributed by atoms with Crippen LogP contribution in [-0.4, -0.2) is 28.8 Å². The highest BCUT2D eigenvalue weighted by atomic mass is 32.1. The molecule has 0 spiro atoms. The largest absolute Gasteiger partial charge is 0.383 e. The molecule has 2 amide bonds. The first-order valence-electron chi connectivity index (χ1n) is 8.90. The smallest absolute Gasteiger partial charge is 0.271 e. The Morgan fingerprint density at radius 3 is 2.79 bits per heavy atom. The van der Waals surface area contributed by atoms with Gasteiger partial charge in [0, 0.05) is 42.7 Å². The Morgan fingerprint density at radius 1 is 1.31 bits per heavy atom. The van der Waals surface area contributed by atoms with Gasteiger partial charge in [-0.05, 0) is 24.3 Å². The molecule has 0 unspecified atom stereocenters. The first-order valence-corrected chi connectivity index (χ1v) is 9.78. The van der Waals surface area contributed by atoms with E-state index < -0.39 is 5.82 Å². The molecule has 0 aliphatic carbocycles. The molecule has 3 N–H and O–H groups in total. The zero-order valence-corrected chi connectivity index (χ0v) is 16.8. The molecule has 29 heavy (non-hydrogen) atoms. The number of hydrogen-bond acceptors (Lipinski definition) is 6. The molecule has 2 aromatic heterocycles. The van der Waals surface area contributed by atoms with Gasteiger partial charge in [-0.25, -0.2) is 14.4 Å². The molecule has 0 bridgehead atoms. The van der Waals surface area contributed by atoms with Crippen molar-refractivity contribution in [2.24, 2.45) is 0 Å². The maximum absolute atomic E-state index is 14.5. The van der Waals surface area contributed by atoms with Crippen molar-refractivity contribution in [1.29, 1.82) is 0 Å². The summed E-state index contributed by atoms with van der Waals surface area (Å²) in [5, 5.41) is 4.85. The first-order chi connectivity index (χ1) is 13.9. The van der Waals surface area contributed by atoms with Gasteiger partial charge in [0.2, 0.25) is 5.91 Å². The topological polar surface area (TPSA) is 101 Å².